The number of imidazole rings is 1. The second-order valence-corrected chi connectivity index (χ2v) is 4.38. The monoisotopic (exact) mass is 259 g/mol. The number of rotatable bonds is 4. The van der Waals surface area contributed by atoms with Crippen molar-refractivity contribution >= 4 is 17.4 Å². The number of nitrogen functional groups attached to an aromatic ring is 1. The highest BCUT2D eigenvalue weighted by Crippen LogP contribution is 2.10. The maximum absolute atomic E-state index is 11.8. The van der Waals surface area contributed by atoms with Gasteiger partial charge in [0.25, 0.3) is 0 Å². The number of nitrogens with two attached hydrogens (primary N) is 1. The fourth-order valence-corrected chi connectivity index (χ4v) is 1.71. The Kier molecular flexibility index (Phi) is 4.02. The largest absolute Gasteiger partial charge is 0.399 e. The third-order valence-electron chi connectivity index (χ3n) is 2.59. The Morgan fingerprint density at radius 2 is 2.16 bits per heavy atom. The van der Waals surface area contributed by atoms with Crippen molar-refractivity contribution in [3.05, 3.63) is 43.0 Å². The SMILES string of the molecule is CC(Cn1ccnc1)NC(=O)Nc1ccc(N)cc1. The summed E-state index contributed by atoms with van der Waals surface area (Å²) in [6, 6.07) is 6.76. The van der Waals surface area contributed by atoms with E-state index in [-0.39, 0.29) is 12.1 Å². The van der Waals surface area contributed by atoms with Crippen LogP contribution in [0.2, 0.25) is 0 Å². The molecule has 0 aliphatic rings. The lowest BCUT2D eigenvalue weighted by Crippen LogP contribution is -2.38. The summed E-state index contributed by atoms with van der Waals surface area (Å²) in [4.78, 5) is 15.7. The van der Waals surface area contributed by atoms with E-state index in [1.165, 1.54) is 0 Å². The van der Waals surface area contributed by atoms with E-state index in [0.717, 1.165) is 0 Å². The van der Waals surface area contributed by atoms with Crippen molar-refractivity contribution in [2.24, 2.45) is 0 Å². The standard InChI is InChI=1S/C13H17N5O/c1-10(8-18-7-6-15-9-18)16-13(19)17-12-4-2-11(14)3-5-12/h2-7,9-10H,8,14H2,1H3,(H2,16,17,19). The van der Waals surface area contributed by atoms with Gasteiger partial charge < -0.3 is 20.9 Å². The summed E-state index contributed by atoms with van der Waals surface area (Å²) in [5.41, 5.74) is 6.95. The lowest BCUT2D eigenvalue weighted by atomic mass is 10.3. The molecule has 1 atom stereocenters. The number of carbonyl (C=O) groups is 1. The van der Waals surface area contributed by atoms with Crippen molar-refractivity contribution in [3.63, 3.8) is 0 Å². The minimum atomic E-state index is -0.239. The van der Waals surface area contributed by atoms with Crippen molar-refractivity contribution in [3.8, 4) is 0 Å². The first kappa shape index (κ1) is 12.9. The Balaban J connectivity index is 1.82. The number of carbonyl (C=O) groups excluding carboxylic acids is 1. The fourth-order valence-electron chi connectivity index (χ4n) is 1.71. The number of hydrogen-bond acceptors (Lipinski definition) is 3. The van der Waals surface area contributed by atoms with E-state index >= 15 is 0 Å². The predicted molar refractivity (Wildman–Crippen MR) is 74.7 cm³/mol. The van der Waals surface area contributed by atoms with Crippen molar-refractivity contribution in [2.75, 3.05) is 11.1 Å². The number of nitrogens with one attached hydrogen (secondary N) is 2. The fraction of sp³-hybridized carbons (Fsp3) is 0.231. The molecule has 100 valence electrons. The number of nitrogens with zero attached hydrogens (tertiary/aromatic N) is 2. The minimum Gasteiger partial charge on any atom is -0.399 e. The van der Waals surface area contributed by atoms with Crippen LogP contribution in [0.3, 0.4) is 0 Å². The van der Waals surface area contributed by atoms with Gasteiger partial charge in [-0.25, -0.2) is 9.78 Å². The number of urea groups is 1. The molecule has 0 saturated heterocycles. The summed E-state index contributed by atoms with van der Waals surface area (Å²) in [5.74, 6) is 0. The van der Waals surface area contributed by atoms with Gasteiger partial charge in [0.15, 0.2) is 0 Å². The van der Waals surface area contributed by atoms with Gasteiger partial charge in [0, 0.05) is 36.4 Å². The van der Waals surface area contributed by atoms with Gasteiger partial charge in [0.05, 0.1) is 6.33 Å². The quantitative estimate of drug-likeness (QED) is 0.730. The molecule has 0 aliphatic heterocycles. The second kappa shape index (κ2) is 5.90. The molecule has 0 aliphatic carbocycles. The number of aromatic nitrogens is 2. The summed E-state index contributed by atoms with van der Waals surface area (Å²) in [7, 11) is 0. The summed E-state index contributed by atoms with van der Waals surface area (Å²) in [6.07, 6.45) is 5.28. The normalized spacial score (nSPS) is 11.8. The number of hydrogen-bond donors (Lipinski definition) is 3. The molecule has 2 amide bonds. The Hall–Kier alpha value is -2.50. The van der Waals surface area contributed by atoms with Crippen LogP contribution in [0.15, 0.2) is 43.0 Å². The van der Waals surface area contributed by atoms with Crippen LogP contribution in [0.25, 0.3) is 0 Å². The number of benzene rings is 1. The lowest BCUT2D eigenvalue weighted by Gasteiger charge is -2.15. The lowest BCUT2D eigenvalue weighted by molar-refractivity contribution is 0.248. The van der Waals surface area contributed by atoms with Gasteiger partial charge in [-0.1, -0.05) is 0 Å². The first-order valence-corrected chi connectivity index (χ1v) is 6.02. The molecule has 0 saturated carbocycles. The molecule has 0 fully saturated rings. The molecule has 0 radical (unpaired) electrons. The zero-order valence-corrected chi connectivity index (χ0v) is 10.7. The smallest absolute Gasteiger partial charge is 0.319 e. The Morgan fingerprint density at radius 1 is 1.42 bits per heavy atom. The first-order valence-electron chi connectivity index (χ1n) is 6.02. The Labute approximate surface area is 111 Å². The van der Waals surface area contributed by atoms with E-state index in [2.05, 4.69) is 15.6 Å². The van der Waals surface area contributed by atoms with Crippen molar-refractivity contribution in [1.82, 2.24) is 14.9 Å². The van der Waals surface area contributed by atoms with Gasteiger partial charge in [0.1, 0.15) is 0 Å². The molecule has 0 spiro atoms. The van der Waals surface area contributed by atoms with E-state index in [9.17, 15) is 4.79 Å². The molecule has 1 heterocycles. The topological polar surface area (TPSA) is 85.0 Å². The van der Waals surface area contributed by atoms with Crippen LogP contribution in [0, 0.1) is 0 Å². The Morgan fingerprint density at radius 3 is 2.79 bits per heavy atom. The average Bonchev–Trinajstić information content (AvgIpc) is 2.84. The molecule has 0 bridgehead atoms. The highest BCUT2D eigenvalue weighted by atomic mass is 16.2. The van der Waals surface area contributed by atoms with Gasteiger partial charge in [-0.15, -0.1) is 0 Å². The molecule has 6 heteroatoms. The third-order valence-corrected chi connectivity index (χ3v) is 2.59. The highest BCUT2D eigenvalue weighted by Gasteiger charge is 2.07. The molecule has 4 N–H and O–H groups in total. The maximum Gasteiger partial charge on any atom is 0.319 e. The molecule has 1 unspecified atom stereocenters. The maximum atomic E-state index is 11.8. The minimum absolute atomic E-state index is 0.00276. The van der Waals surface area contributed by atoms with Crippen LogP contribution in [0.1, 0.15) is 6.92 Å². The van der Waals surface area contributed by atoms with Crippen molar-refractivity contribution < 1.29 is 4.79 Å². The zero-order chi connectivity index (χ0) is 13.7. The molecular formula is C13H17N5O. The van der Waals surface area contributed by atoms with E-state index < -0.39 is 0 Å². The van der Waals surface area contributed by atoms with Crippen LogP contribution in [0.5, 0.6) is 0 Å². The van der Waals surface area contributed by atoms with Crippen LogP contribution in [-0.2, 0) is 6.54 Å². The van der Waals surface area contributed by atoms with Gasteiger partial charge in [-0.05, 0) is 31.2 Å². The van der Waals surface area contributed by atoms with Crippen LogP contribution >= 0.6 is 0 Å². The number of anilines is 2. The molecule has 2 aromatic rings. The summed E-state index contributed by atoms with van der Waals surface area (Å²) >= 11 is 0. The van der Waals surface area contributed by atoms with Gasteiger partial charge in [-0.3, -0.25) is 0 Å². The van der Waals surface area contributed by atoms with Crippen molar-refractivity contribution in [2.45, 2.75) is 19.5 Å². The average molecular weight is 259 g/mol. The van der Waals surface area contributed by atoms with Gasteiger partial charge >= 0.3 is 6.03 Å². The second-order valence-electron chi connectivity index (χ2n) is 4.38. The van der Waals surface area contributed by atoms with E-state index in [0.29, 0.717) is 17.9 Å². The predicted octanol–water partition coefficient (Wildman–Crippen LogP) is 1.68. The number of amides is 2. The summed E-state index contributed by atoms with van der Waals surface area (Å²) in [5, 5.41) is 5.60. The highest BCUT2D eigenvalue weighted by molar-refractivity contribution is 5.89. The summed E-state index contributed by atoms with van der Waals surface area (Å²) < 4.78 is 1.91. The summed E-state index contributed by atoms with van der Waals surface area (Å²) in [6.45, 7) is 2.61. The van der Waals surface area contributed by atoms with E-state index in [1.54, 1.807) is 36.8 Å². The molecule has 19 heavy (non-hydrogen) atoms. The zero-order valence-electron chi connectivity index (χ0n) is 10.7. The van der Waals surface area contributed by atoms with Crippen molar-refractivity contribution in [1.29, 1.82) is 0 Å². The molecule has 2 rings (SSSR count). The van der Waals surface area contributed by atoms with Gasteiger partial charge in [0.2, 0.25) is 0 Å². The van der Waals surface area contributed by atoms with Crippen LogP contribution in [0.4, 0.5) is 16.2 Å². The Bertz CT molecular complexity index is 520. The first-order chi connectivity index (χ1) is 9.13. The van der Waals surface area contributed by atoms with E-state index in [1.807, 2.05) is 17.7 Å². The molecule has 1 aromatic heterocycles. The van der Waals surface area contributed by atoms with Gasteiger partial charge in [-0.2, -0.15) is 0 Å². The molecular weight excluding hydrogens is 242 g/mol. The van der Waals surface area contributed by atoms with E-state index in [4.69, 9.17) is 5.73 Å². The molecule has 6 nitrogen and oxygen atoms in total. The molecule has 1 aromatic carbocycles. The van der Waals surface area contributed by atoms with Crippen LogP contribution < -0.4 is 16.4 Å². The van der Waals surface area contributed by atoms with Crippen LogP contribution in [-0.4, -0.2) is 21.6 Å². The third kappa shape index (κ3) is 4.02.